The molecule has 0 saturated carbocycles. The van der Waals surface area contributed by atoms with E-state index in [9.17, 15) is 5.11 Å². The highest BCUT2D eigenvalue weighted by molar-refractivity contribution is 8.01. The van der Waals surface area contributed by atoms with Crippen molar-refractivity contribution in [2.45, 2.75) is 18.9 Å². The molecule has 0 saturated heterocycles. The second-order valence-electron chi connectivity index (χ2n) is 4.71. The van der Waals surface area contributed by atoms with E-state index in [0.717, 1.165) is 24.0 Å². The van der Waals surface area contributed by atoms with Crippen LogP contribution in [0.5, 0.6) is 0 Å². The van der Waals surface area contributed by atoms with Crippen LogP contribution in [0.1, 0.15) is 17.5 Å². The lowest BCUT2D eigenvalue weighted by molar-refractivity contribution is 0.222. The third-order valence-electron chi connectivity index (χ3n) is 3.26. The zero-order valence-electron chi connectivity index (χ0n) is 11.7. The summed E-state index contributed by atoms with van der Waals surface area (Å²) >= 11 is 1.63. The van der Waals surface area contributed by atoms with E-state index in [0.29, 0.717) is 0 Å². The molecule has 2 aromatic carbocycles. The summed E-state index contributed by atoms with van der Waals surface area (Å²) < 4.78 is 0. The number of benzene rings is 2. The summed E-state index contributed by atoms with van der Waals surface area (Å²) in [5.41, 5.74) is 3.37. The van der Waals surface area contributed by atoms with Gasteiger partial charge in [-0.1, -0.05) is 60.7 Å². The zero-order valence-corrected chi connectivity index (χ0v) is 12.5. The van der Waals surface area contributed by atoms with E-state index in [1.54, 1.807) is 11.8 Å². The highest BCUT2D eigenvalue weighted by Crippen LogP contribution is 2.24. The largest absolute Gasteiger partial charge is 0.388 e. The fourth-order valence-electron chi connectivity index (χ4n) is 2.20. The van der Waals surface area contributed by atoms with Crippen molar-refractivity contribution in [3.63, 3.8) is 0 Å². The summed E-state index contributed by atoms with van der Waals surface area (Å²) in [6.07, 6.45) is 3.23. The Morgan fingerprint density at radius 2 is 1.65 bits per heavy atom. The molecular weight excluding hydrogens is 264 g/mol. The standard InChI is InChI=1S/C18H20OS/c1-20-14-17(16-10-6-3-7-11-16)18(19)13-12-15-8-4-2-5-9-15/h2-11,14,18-19H,12-13H2,1H3. The van der Waals surface area contributed by atoms with Crippen molar-refractivity contribution in [1.82, 2.24) is 0 Å². The molecule has 2 aromatic rings. The molecule has 0 spiro atoms. The van der Waals surface area contributed by atoms with Gasteiger partial charge in [0.1, 0.15) is 0 Å². The van der Waals surface area contributed by atoms with Crippen molar-refractivity contribution in [2.24, 2.45) is 0 Å². The number of rotatable bonds is 6. The number of aryl methyl sites for hydroxylation is 1. The molecule has 104 valence electrons. The van der Waals surface area contributed by atoms with Crippen LogP contribution in [0.15, 0.2) is 66.1 Å². The molecule has 1 N–H and O–H groups in total. The van der Waals surface area contributed by atoms with Gasteiger partial charge in [-0.2, -0.15) is 0 Å². The van der Waals surface area contributed by atoms with Crippen LogP contribution in [0.25, 0.3) is 5.57 Å². The van der Waals surface area contributed by atoms with Crippen LogP contribution in [0, 0.1) is 0 Å². The Balaban J connectivity index is 2.05. The van der Waals surface area contributed by atoms with Gasteiger partial charge >= 0.3 is 0 Å². The molecule has 0 fully saturated rings. The minimum Gasteiger partial charge on any atom is -0.388 e. The maximum atomic E-state index is 10.5. The Morgan fingerprint density at radius 3 is 2.25 bits per heavy atom. The Morgan fingerprint density at radius 1 is 1.05 bits per heavy atom. The van der Waals surface area contributed by atoms with Crippen LogP contribution in [-0.2, 0) is 6.42 Å². The molecule has 0 amide bonds. The molecule has 2 rings (SSSR count). The van der Waals surface area contributed by atoms with E-state index >= 15 is 0 Å². The first-order chi connectivity index (χ1) is 9.81. The van der Waals surface area contributed by atoms with Crippen molar-refractivity contribution in [1.29, 1.82) is 0 Å². The summed E-state index contributed by atoms with van der Waals surface area (Å²) in [4.78, 5) is 0. The van der Waals surface area contributed by atoms with Crippen LogP contribution >= 0.6 is 11.8 Å². The van der Waals surface area contributed by atoms with Gasteiger partial charge in [0.15, 0.2) is 0 Å². The summed E-state index contributed by atoms with van der Waals surface area (Å²) in [6, 6.07) is 20.4. The Hall–Kier alpha value is -1.51. The average molecular weight is 284 g/mol. The lowest BCUT2D eigenvalue weighted by Gasteiger charge is -2.15. The highest BCUT2D eigenvalue weighted by atomic mass is 32.2. The number of hydrogen-bond donors (Lipinski definition) is 1. The molecule has 0 aliphatic heterocycles. The first kappa shape index (κ1) is 14.9. The van der Waals surface area contributed by atoms with Crippen molar-refractivity contribution in [3.05, 3.63) is 77.2 Å². The minimum absolute atomic E-state index is 0.426. The van der Waals surface area contributed by atoms with E-state index in [1.807, 2.05) is 60.2 Å². The summed E-state index contributed by atoms with van der Waals surface area (Å²) in [6.45, 7) is 0. The lowest BCUT2D eigenvalue weighted by atomic mass is 9.97. The minimum atomic E-state index is -0.426. The van der Waals surface area contributed by atoms with E-state index in [4.69, 9.17) is 0 Å². The van der Waals surface area contributed by atoms with E-state index < -0.39 is 6.10 Å². The third-order valence-corrected chi connectivity index (χ3v) is 3.75. The molecule has 0 aliphatic rings. The fraction of sp³-hybridized carbons (Fsp3) is 0.222. The number of hydrogen-bond acceptors (Lipinski definition) is 2. The predicted molar refractivity (Wildman–Crippen MR) is 88.7 cm³/mol. The SMILES string of the molecule is CSC=C(c1ccccc1)C(O)CCc1ccccc1. The van der Waals surface area contributed by atoms with Crippen LogP contribution in [-0.4, -0.2) is 17.5 Å². The van der Waals surface area contributed by atoms with Gasteiger partial charge in [-0.05, 0) is 41.2 Å². The number of aliphatic hydroxyl groups excluding tert-OH is 1. The maximum Gasteiger partial charge on any atom is 0.0804 e. The van der Waals surface area contributed by atoms with E-state index in [-0.39, 0.29) is 0 Å². The van der Waals surface area contributed by atoms with Gasteiger partial charge in [-0.25, -0.2) is 0 Å². The van der Waals surface area contributed by atoms with Crippen LogP contribution < -0.4 is 0 Å². The predicted octanol–water partition coefficient (Wildman–Crippen LogP) is 4.38. The van der Waals surface area contributed by atoms with Crippen molar-refractivity contribution in [3.8, 4) is 0 Å². The van der Waals surface area contributed by atoms with Crippen molar-refractivity contribution >= 4 is 17.3 Å². The van der Waals surface area contributed by atoms with Gasteiger partial charge in [0.25, 0.3) is 0 Å². The van der Waals surface area contributed by atoms with Crippen molar-refractivity contribution < 1.29 is 5.11 Å². The first-order valence-electron chi connectivity index (χ1n) is 6.81. The topological polar surface area (TPSA) is 20.2 Å². The van der Waals surface area contributed by atoms with Gasteiger partial charge in [0, 0.05) is 0 Å². The number of thioether (sulfide) groups is 1. The molecule has 1 atom stereocenters. The van der Waals surface area contributed by atoms with Gasteiger partial charge in [0.05, 0.1) is 6.10 Å². The maximum absolute atomic E-state index is 10.5. The quantitative estimate of drug-likeness (QED) is 0.849. The fourth-order valence-corrected chi connectivity index (χ4v) is 2.75. The Bertz CT molecular complexity index is 534. The summed E-state index contributed by atoms with van der Waals surface area (Å²) in [5.74, 6) is 0. The monoisotopic (exact) mass is 284 g/mol. The number of aliphatic hydroxyl groups is 1. The van der Waals surface area contributed by atoms with Gasteiger partial charge in [-0.3, -0.25) is 0 Å². The molecular formula is C18H20OS. The van der Waals surface area contributed by atoms with E-state index in [2.05, 4.69) is 12.1 Å². The molecule has 0 heterocycles. The summed E-state index contributed by atoms with van der Waals surface area (Å²) in [5, 5.41) is 12.5. The van der Waals surface area contributed by atoms with Gasteiger partial charge < -0.3 is 5.11 Å². The first-order valence-corrected chi connectivity index (χ1v) is 8.10. The Kier molecular flexibility index (Phi) is 5.90. The van der Waals surface area contributed by atoms with Crippen molar-refractivity contribution in [2.75, 3.05) is 6.26 Å². The molecule has 2 heteroatoms. The zero-order chi connectivity index (χ0) is 14.2. The van der Waals surface area contributed by atoms with E-state index in [1.165, 1.54) is 5.56 Å². The normalized spacial score (nSPS) is 13.2. The summed E-state index contributed by atoms with van der Waals surface area (Å²) in [7, 11) is 0. The van der Waals surface area contributed by atoms with Gasteiger partial charge in [0.2, 0.25) is 0 Å². The van der Waals surface area contributed by atoms with Crippen LogP contribution in [0.4, 0.5) is 0 Å². The smallest absolute Gasteiger partial charge is 0.0804 e. The molecule has 20 heavy (non-hydrogen) atoms. The van der Waals surface area contributed by atoms with Crippen LogP contribution in [0.3, 0.4) is 0 Å². The molecule has 0 aliphatic carbocycles. The third kappa shape index (κ3) is 4.26. The van der Waals surface area contributed by atoms with Gasteiger partial charge in [-0.15, -0.1) is 11.8 Å². The lowest BCUT2D eigenvalue weighted by Crippen LogP contribution is -2.10. The molecule has 0 bridgehead atoms. The second kappa shape index (κ2) is 7.93. The Labute approximate surface area is 125 Å². The molecule has 0 aromatic heterocycles. The average Bonchev–Trinajstić information content (AvgIpc) is 2.52. The second-order valence-corrected chi connectivity index (χ2v) is 5.42. The molecule has 1 nitrogen and oxygen atoms in total. The van der Waals surface area contributed by atoms with Crippen LogP contribution in [0.2, 0.25) is 0 Å². The molecule has 1 unspecified atom stereocenters. The molecule has 0 radical (unpaired) electrons. The highest BCUT2D eigenvalue weighted by Gasteiger charge is 2.12.